The molecule has 0 aliphatic heterocycles. The summed E-state index contributed by atoms with van der Waals surface area (Å²) in [5.74, 6) is 1.54. The molecule has 0 bridgehead atoms. The molecule has 0 radical (unpaired) electrons. The second-order valence-corrected chi connectivity index (χ2v) is 4.23. The van der Waals surface area contributed by atoms with E-state index in [9.17, 15) is 0 Å². The average molecular weight is 157 g/mol. The van der Waals surface area contributed by atoms with Crippen LogP contribution in [0.4, 0.5) is 0 Å². The Hall–Kier alpha value is -0.0400. The maximum Gasteiger partial charge on any atom is 0.0152 e. The van der Waals surface area contributed by atoms with Gasteiger partial charge in [-0.15, -0.1) is 0 Å². The zero-order valence-corrected chi connectivity index (χ0v) is 8.86. The SMILES string of the molecule is CCC(C(C)C)C(C)(C)NC. The number of hydrogen-bond donors (Lipinski definition) is 1. The molecule has 0 heterocycles. The van der Waals surface area contributed by atoms with Crippen LogP contribution >= 0.6 is 0 Å². The Morgan fingerprint density at radius 3 is 1.82 bits per heavy atom. The van der Waals surface area contributed by atoms with Crippen molar-refractivity contribution in [2.24, 2.45) is 11.8 Å². The van der Waals surface area contributed by atoms with Gasteiger partial charge in [-0.05, 0) is 32.7 Å². The van der Waals surface area contributed by atoms with Gasteiger partial charge in [0, 0.05) is 5.54 Å². The third kappa shape index (κ3) is 2.82. The highest BCUT2D eigenvalue weighted by Crippen LogP contribution is 2.26. The first-order valence-electron chi connectivity index (χ1n) is 4.64. The third-order valence-corrected chi connectivity index (χ3v) is 2.82. The monoisotopic (exact) mass is 157 g/mol. The van der Waals surface area contributed by atoms with Crippen LogP contribution in [0.1, 0.15) is 41.0 Å². The summed E-state index contributed by atoms with van der Waals surface area (Å²) in [6.45, 7) is 11.4. The lowest BCUT2D eigenvalue weighted by atomic mass is 9.78. The summed E-state index contributed by atoms with van der Waals surface area (Å²) in [5.41, 5.74) is 0.281. The summed E-state index contributed by atoms with van der Waals surface area (Å²) in [7, 11) is 2.05. The minimum atomic E-state index is 0.281. The molecule has 11 heavy (non-hydrogen) atoms. The molecule has 1 heteroatoms. The second-order valence-electron chi connectivity index (χ2n) is 4.23. The van der Waals surface area contributed by atoms with Gasteiger partial charge in [0.1, 0.15) is 0 Å². The zero-order chi connectivity index (χ0) is 9.07. The van der Waals surface area contributed by atoms with Crippen LogP contribution < -0.4 is 5.32 Å². The fraction of sp³-hybridized carbons (Fsp3) is 1.00. The molecule has 0 aromatic heterocycles. The van der Waals surface area contributed by atoms with Crippen molar-refractivity contribution in [2.45, 2.75) is 46.6 Å². The lowest BCUT2D eigenvalue weighted by Crippen LogP contribution is -2.45. The van der Waals surface area contributed by atoms with Crippen LogP contribution in [0.3, 0.4) is 0 Å². The van der Waals surface area contributed by atoms with Gasteiger partial charge in [0.05, 0.1) is 0 Å². The van der Waals surface area contributed by atoms with E-state index in [4.69, 9.17) is 0 Å². The summed E-state index contributed by atoms with van der Waals surface area (Å²) in [5, 5.41) is 3.37. The summed E-state index contributed by atoms with van der Waals surface area (Å²) in [6, 6.07) is 0. The highest BCUT2D eigenvalue weighted by molar-refractivity contribution is 4.85. The van der Waals surface area contributed by atoms with Crippen LogP contribution in [0, 0.1) is 11.8 Å². The number of hydrogen-bond acceptors (Lipinski definition) is 1. The highest BCUT2D eigenvalue weighted by Gasteiger charge is 2.28. The van der Waals surface area contributed by atoms with Gasteiger partial charge in [0.25, 0.3) is 0 Å². The summed E-state index contributed by atoms with van der Waals surface area (Å²) >= 11 is 0. The van der Waals surface area contributed by atoms with Crippen molar-refractivity contribution in [1.82, 2.24) is 5.32 Å². The lowest BCUT2D eigenvalue weighted by molar-refractivity contribution is 0.200. The van der Waals surface area contributed by atoms with Gasteiger partial charge in [0.2, 0.25) is 0 Å². The van der Waals surface area contributed by atoms with E-state index in [0.29, 0.717) is 0 Å². The van der Waals surface area contributed by atoms with Crippen LogP contribution in [-0.4, -0.2) is 12.6 Å². The van der Waals surface area contributed by atoms with E-state index in [0.717, 1.165) is 11.8 Å². The smallest absolute Gasteiger partial charge is 0.0152 e. The first-order chi connectivity index (χ1) is 4.95. The summed E-state index contributed by atoms with van der Waals surface area (Å²) in [6.07, 6.45) is 1.26. The molecular formula is C10H23N. The summed E-state index contributed by atoms with van der Waals surface area (Å²) in [4.78, 5) is 0. The van der Waals surface area contributed by atoms with Crippen LogP contribution in [0.2, 0.25) is 0 Å². The number of rotatable bonds is 4. The van der Waals surface area contributed by atoms with Crippen molar-refractivity contribution in [3.05, 3.63) is 0 Å². The van der Waals surface area contributed by atoms with Crippen LogP contribution in [0.25, 0.3) is 0 Å². The fourth-order valence-electron chi connectivity index (χ4n) is 2.00. The quantitative estimate of drug-likeness (QED) is 0.661. The molecule has 1 nitrogen and oxygen atoms in total. The minimum absolute atomic E-state index is 0.281. The van der Waals surface area contributed by atoms with Crippen LogP contribution in [0.15, 0.2) is 0 Å². The third-order valence-electron chi connectivity index (χ3n) is 2.82. The Kier molecular flexibility index (Phi) is 4.09. The van der Waals surface area contributed by atoms with Crippen molar-refractivity contribution in [2.75, 3.05) is 7.05 Å². The molecule has 0 saturated carbocycles. The topological polar surface area (TPSA) is 12.0 Å². The van der Waals surface area contributed by atoms with Crippen molar-refractivity contribution in [3.63, 3.8) is 0 Å². The Balaban J connectivity index is 4.23. The van der Waals surface area contributed by atoms with Gasteiger partial charge >= 0.3 is 0 Å². The van der Waals surface area contributed by atoms with E-state index in [1.165, 1.54) is 6.42 Å². The normalized spacial score (nSPS) is 15.5. The van der Waals surface area contributed by atoms with Gasteiger partial charge in [-0.3, -0.25) is 0 Å². The van der Waals surface area contributed by atoms with Gasteiger partial charge in [-0.1, -0.05) is 27.2 Å². The first-order valence-corrected chi connectivity index (χ1v) is 4.64. The molecule has 1 unspecified atom stereocenters. The first kappa shape index (κ1) is 11.0. The standard InChI is InChI=1S/C10H23N/c1-7-9(8(2)3)10(4,5)11-6/h8-9,11H,7H2,1-6H3. The molecule has 0 aliphatic rings. The van der Waals surface area contributed by atoms with Crippen molar-refractivity contribution in [1.29, 1.82) is 0 Å². The predicted molar refractivity (Wildman–Crippen MR) is 51.8 cm³/mol. The van der Waals surface area contributed by atoms with E-state index >= 15 is 0 Å². The molecule has 0 rings (SSSR count). The number of nitrogens with one attached hydrogen (secondary N) is 1. The maximum absolute atomic E-state index is 3.37. The van der Waals surface area contributed by atoms with E-state index < -0.39 is 0 Å². The molecule has 68 valence electrons. The molecule has 0 aliphatic carbocycles. The van der Waals surface area contributed by atoms with Gasteiger partial charge in [0.15, 0.2) is 0 Å². The predicted octanol–water partition coefficient (Wildman–Crippen LogP) is 2.67. The minimum Gasteiger partial charge on any atom is -0.315 e. The van der Waals surface area contributed by atoms with Crippen molar-refractivity contribution in [3.8, 4) is 0 Å². The van der Waals surface area contributed by atoms with E-state index in [1.807, 2.05) is 7.05 Å². The molecule has 0 spiro atoms. The van der Waals surface area contributed by atoms with Gasteiger partial charge in [-0.25, -0.2) is 0 Å². The molecule has 0 amide bonds. The van der Waals surface area contributed by atoms with Gasteiger partial charge < -0.3 is 5.32 Å². The zero-order valence-electron chi connectivity index (χ0n) is 8.86. The molecule has 0 saturated heterocycles. The Labute approximate surface area is 71.6 Å². The van der Waals surface area contributed by atoms with E-state index in [1.54, 1.807) is 0 Å². The van der Waals surface area contributed by atoms with Crippen LogP contribution in [-0.2, 0) is 0 Å². The fourth-order valence-corrected chi connectivity index (χ4v) is 2.00. The van der Waals surface area contributed by atoms with E-state index in [-0.39, 0.29) is 5.54 Å². The highest BCUT2D eigenvalue weighted by atomic mass is 14.9. The average Bonchev–Trinajstić information content (AvgIpc) is 1.88. The lowest BCUT2D eigenvalue weighted by Gasteiger charge is -2.36. The molecule has 1 atom stereocenters. The van der Waals surface area contributed by atoms with E-state index in [2.05, 4.69) is 39.9 Å². The molecule has 0 aromatic carbocycles. The molecule has 0 fully saturated rings. The Bertz CT molecular complexity index is 105. The second kappa shape index (κ2) is 4.10. The molecular weight excluding hydrogens is 134 g/mol. The van der Waals surface area contributed by atoms with Crippen molar-refractivity contribution >= 4 is 0 Å². The van der Waals surface area contributed by atoms with Crippen LogP contribution in [0.5, 0.6) is 0 Å². The summed E-state index contributed by atoms with van der Waals surface area (Å²) < 4.78 is 0. The molecule has 1 N–H and O–H groups in total. The molecule has 0 aromatic rings. The Morgan fingerprint density at radius 2 is 1.73 bits per heavy atom. The largest absolute Gasteiger partial charge is 0.315 e. The van der Waals surface area contributed by atoms with Crippen molar-refractivity contribution < 1.29 is 0 Å². The van der Waals surface area contributed by atoms with Gasteiger partial charge in [-0.2, -0.15) is 0 Å². The Morgan fingerprint density at radius 1 is 1.27 bits per heavy atom. The maximum atomic E-state index is 3.37.